The molecule has 3 unspecified atom stereocenters. The first-order valence-corrected chi connectivity index (χ1v) is 11.2. The van der Waals surface area contributed by atoms with Gasteiger partial charge in [0.25, 0.3) is 0 Å². The zero-order valence-corrected chi connectivity index (χ0v) is 18.5. The molecule has 0 bridgehead atoms. The molecule has 174 valence electrons. The topological polar surface area (TPSA) is 114 Å². The summed E-state index contributed by atoms with van der Waals surface area (Å²) in [5, 5.41) is 14.3. The van der Waals surface area contributed by atoms with Crippen molar-refractivity contribution in [1.82, 2.24) is 10.6 Å². The summed E-state index contributed by atoms with van der Waals surface area (Å²) in [5.74, 6) is -1.57. The molecule has 1 aliphatic carbocycles. The summed E-state index contributed by atoms with van der Waals surface area (Å²) >= 11 is 0. The summed E-state index contributed by atoms with van der Waals surface area (Å²) in [7, 11) is 0. The van der Waals surface area contributed by atoms with E-state index in [1.807, 2.05) is 24.3 Å². The number of carboxylic acid groups (broad SMARTS) is 1. The molecule has 0 aromatic heterocycles. The number of rotatable bonds is 8. The number of alkyl carbamates (subject to hydrolysis) is 1. The van der Waals surface area contributed by atoms with Gasteiger partial charge >= 0.3 is 12.1 Å². The van der Waals surface area contributed by atoms with Gasteiger partial charge in [-0.05, 0) is 35.6 Å². The van der Waals surface area contributed by atoms with Gasteiger partial charge in [-0.1, -0.05) is 48.5 Å². The summed E-state index contributed by atoms with van der Waals surface area (Å²) in [6, 6.07) is 15.8. The highest BCUT2D eigenvalue weighted by Crippen LogP contribution is 2.44. The Morgan fingerprint density at radius 3 is 2.36 bits per heavy atom. The minimum atomic E-state index is -0.983. The fourth-order valence-corrected chi connectivity index (χ4v) is 4.63. The van der Waals surface area contributed by atoms with E-state index in [-0.39, 0.29) is 37.3 Å². The van der Waals surface area contributed by atoms with Gasteiger partial charge in [0, 0.05) is 31.0 Å². The molecular weight excluding hydrogens is 424 g/mol. The number of carbonyl (C=O) groups is 3. The zero-order chi connectivity index (χ0) is 23.4. The SMILES string of the molecule is CC(CC(=O)O)NC(=O)C1OCCC1CNC(=O)OCC1c2ccccc2-c2ccccc21. The monoisotopic (exact) mass is 452 g/mol. The zero-order valence-electron chi connectivity index (χ0n) is 18.5. The van der Waals surface area contributed by atoms with Crippen molar-refractivity contribution in [3.63, 3.8) is 0 Å². The average Bonchev–Trinajstić information content (AvgIpc) is 3.38. The molecule has 3 atom stereocenters. The summed E-state index contributed by atoms with van der Waals surface area (Å²) in [5.41, 5.74) is 4.61. The van der Waals surface area contributed by atoms with Crippen molar-refractivity contribution < 1.29 is 29.0 Å². The second-order valence-corrected chi connectivity index (χ2v) is 8.55. The highest BCUT2D eigenvalue weighted by molar-refractivity contribution is 5.82. The van der Waals surface area contributed by atoms with Crippen LogP contribution >= 0.6 is 0 Å². The molecule has 1 aliphatic heterocycles. The van der Waals surface area contributed by atoms with Gasteiger partial charge in [-0.3, -0.25) is 9.59 Å². The highest BCUT2D eigenvalue weighted by atomic mass is 16.5. The first-order valence-electron chi connectivity index (χ1n) is 11.2. The Kier molecular flexibility index (Phi) is 6.93. The number of carbonyl (C=O) groups excluding carboxylic acids is 2. The third kappa shape index (κ3) is 5.17. The van der Waals surface area contributed by atoms with Crippen LogP contribution in [0.5, 0.6) is 0 Å². The van der Waals surface area contributed by atoms with Gasteiger partial charge in [-0.15, -0.1) is 0 Å². The molecule has 0 radical (unpaired) electrons. The van der Waals surface area contributed by atoms with E-state index >= 15 is 0 Å². The Bertz CT molecular complexity index is 994. The van der Waals surface area contributed by atoms with Gasteiger partial charge in [0.05, 0.1) is 6.42 Å². The van der Waals surface area contributed by atoms with Crippen LogP contribution in [0.25, 0.3) is 11.1 Å². The maximum absolute atomic E-state index is 12.5. The average molecular weight is 453 g/mol. The second-order valence-electron chi connectivity index (χ2n) is 8.55. The number of hydrogen-bond donors (Lipinski definition) is 3. The van der Waals surface area contributed by atoms with Crippen molar-refractivity contribution in [2.75, 3.05) is 19.8 Å². The second kappa shape index (κ2) is 10.0. The van der Waals surface area contributed by atoms with Crippen molar-refractivity contribution in [2.45, 2.75) is 37.8 Å². The lowest BCUT2D eigenvalue weighted by atomic mass is 9.98. The minimum absolute atomic E-state index is 0.0211. The van der Waals surface area contributed by atoms with E-state index in [4.69, 9.17) is 14.6 Å². The number of aliphatic carboxylic acids is 1. The predicted octanol–water partition coefficient (Wildman–Crippen LogP) is 2.91. The van der Waals surface area contributed by atoms with Gasteiger partial charge in [-0.2, -0.15) is 0 Å². The predicted molar refractivity (Wildman–Crippen MR) is 121 cm³/mol. The van der Waals surface area contributed by atoms with Crippen LogP contribution in [-0.4, -0.2) is 55.0 Å². The van der Waals surface area contributed by atoms with E-state index in [2.05, 4.69) is 34.9 Å². The molecule has 4 rings (SSSR count). The lowest BCUT2D eigenvalue weighted by Gasteiger charge is -2.21. The molecule has 33 heavy (non-hydrogen) atoms. The number of fused-ring (bicyclic) bond motifs is 3. The van der Waals surface area contributed by atoms with Crippen LogP contribution < -0.4 is 10.6 Å². The lowest BCUT2D eigenvalue weighted by Crippen LogP contribution is -2.45. The van der Waals surface area contributed by atoms with Crippen molar-refractivity contribution in [1.29, 1.82) is 0 Å². The number of amides is 2. The molecule has 3 N–H and O–H groups in total. The van der Waals surface area contributed by atoms with Crippen LogP contribution in [0.1, 0.15) is 36.8 Å². The van der Waals surface area contributed by atoms with Crippen molar-refractivity contribution in [3.8, 4) is 11.1 Å². The van der Waals surface area contributed by atoms with Crippen molar-refractivity contribution in [2.24, 2.45) is 5.92 Å². The first-order chi connectivity index (χ1) is 15.9. The van der Waals surface area contributed by atoms with E-state index in [1.54, 1.807) is 6.92 Å². The van der Waals surface area contributed by atoms with E-state index in [0.717, 1.165) is 22.3 Å². The molecular formula is C25H28N2O6. The fourth-order valence-electron chi connectivity index (χ4n) is 4.63. The van der Waals surface area contributed by atoms with Crippen LogP contribution in [0.4, 0.5) is 4.79 Å². The molecule has 8 heteroatoms. The number of carboxylic acids is 1. The first kappa shape index (κ1) is 22.8. The Labute approximate surface area is 192 Å². The van der Waals surface area contributed by atoms with Crippen LogP contribution in [0.15, 0.2) is 48.5 Å². The third-order valence-corrected chi connectivity index (χ3v) is 6.19. The van der Waals surface area contributed by atoms with E-state index in [0.29, 0.717) is 13.0 Å². The van der Waals surface area contributed by atoms with Crippen LogP contribution in [0.2, 0.25) is 0 Å². The molecule has 0 spiro atoms. The molecule has 0 saturated carbocycles. The highest BCUT2D eigenvalue weighted by Gasteiger charge is 2.35. The molecule has 1 heterocycles. The van der Waals surface area contributed by atoms with E-state index < -0.39 is 24.2 Å². The van der Waals surface area contributed by atoms with Gasteiger partial charge in [0.15, 0.2) is 0 Å². The smallest absolute Gasteiger partial charge is 0.407 e. The largest absolute Gasteiger partial charge is 0.481 e. The maximum Gasteiger partial charge on any atom is 0.407 e. The molecule has 2 aliphatic rings. The van der Waals surface area contributed by atoms with Crippen LogP contribution in [-0.2, 0) is 19.1 Å². The van der Waals surface area contributed by atoms with Crippen molar-refractivity contribution >= 4 is 18.0 Å². The van der Waals surface area contributed by atoms with Crippen LogP contribution in [0.3, 0.4) is 0 Å². The molecule has 2 amide bonds. The Morgan fingerprint density at radius 2 is 1.73 bits per heavy atom. The molecule has 1 fully saturated rings. The van der Waals surface area contributed by atoms with Gasteiger partial charge in [-0.25, -0.2) is 4.79 Å². The Hall–Kier alpha value is -3.39. The standard InChI is InChI=1S/C25H28N2O6/c1-15(12-22(28)29)27-24(30)23-16(10-11-32-23)13-26-25(31)33-14-21-19-8-4-2-6-17(19)18-7-3-5-9-20(18)21/h2-9,15-16,21,23H,10-14H2,1H3,(H,26,31)(H,27,30)(H,28,29). The third-order valence-electron chi connectivity index (χ3n) is 6.19. The Balaban J connectivity index is 1.29. The molecule has 2 aromatic rings. The quantitative estimate of drug-likeness (QED) is 0.568. The van der Waals surface area contributed by atoms with E-state index in [9.17, 15) is 14.4 Å². The van der Waals surface area contributed by atoms with Gasteiger partial charge in [0.1, 0.15) is 12.7 Å². The number of nitrogens with one attached hydrogen (secondary N) is 2. The van der Waals surface area contributed by atoms with Gasteiger partial charge < -0.3 is 25.2 Å². The summed E-state index contributed by atoms with van der Waals surface area (Å²) < 4.78 is 11.1. The molecule has 1 saturated heterocycles. The molecule has 2 aromatic carbocycles. The normalized spacial score (nSPS) is 19.9. The summed E-state index contributed by atoms with van der Waals surface area (Å²) in [6.07, 6.45) is -0.812. The summed E-state index contributed by atoms with van der Waals surface area (Å²) in [6.45, 7) is 2.49. The fraction of sp³-hybridized carbons (Fsp3) is 0.400. The van der Waals surface area contributed by atoms with E-state index in [1.165, 1.54) is 0 Å². The van der Waals surface area contributed by atoms with Crippen molar-refractivity contribution in [3.05, 3.63) is 59.7 Å². The number of benzene rings is 2. The lowest BCUT2D eigenvalue weighted by molar-refractivity contribution is -0.138. The Morgan fingerprint density at radius 1 is 1.09 bits per heavy atom. The maximum atomic E-state index is 12.5. The minimum Gasteiger partial charge on any atom is -0.481 e. The molecule has 8 nitrogen and oxygen atoms in total. The van der Waals surface area contributed by atoms with Crippen LogP contribution in [0, 0.1) is 5.92 Å². The summed E-state index contributed by atoms with van der Waals surface area (Å²) in [4.78, 5) is 35.7. The number of hydrogen-bond acceptors (Lipinski definition) is 5. The number of ether oxygens (including phenoxy) is 2. The van der Waals surface area contributed by atoms with Gasteiger partial charge in [0.2, 0.25) is 5.91 Å².